The summed E-state index contributed by atoms with van der Waals surface area (Å²) in [5, 5.41) is 24.6. The van der Waals surface area contributed by atoms with Gasteiger partial charge in [0.05, 0.1) is 72.6 Å². The Kier molecular flexibility index (Phi) is 39.6. The van der Waals surface area contributed by atoms with Crippen LogP contribution in [0.1, 0.15) is 140 Å². The first-order valence-electron chi connectivity index (χ1n) is 31.6. The highest BCUT2D eigenvalue weighted by atomic mass is 16.7. The van der Waals surface area contributed by atoms with E-state index >= 15 is 0 Å². The van der Waals surface area contributed by atoms with Crippen molar-refractivity contribution in [2.75, 3.05) is 104 Å². The molecule has 0 aliphatic carbocycles. The maximum atomic E-state index is 13.5. The zero-order chi connectivity index (χ0) is 71.0. The van der Waals surface area contributed by atoms with E-state index in [0.717, 1.165) is 80.1 Å². The molecule has 0 spiro atoms. The van der Waals surface area contributed by atoms with Crippen LogP contribution in [0, 0.1) is 0 Å². The van der Waals surface area contributed by atoms with E-state index < -0.39 is 152 Å². The van der Waals surface area contributed by atoms with E-state index in [2.05, 4.69) is 31.9 Å². The van der Waals surface area contributed by atoms with Crippen LogP contribution in [0.2, 0.25) is 0 Å². The summed E-state index contributed by atoms with van der Waals surface area (Å²) in [6.45, 7) is 7.95. The second-order valence-electron chi connectivity index (χ2n) is 22.0. The number of carboxylic acid groups (broad SMARTS) is 1. The summed E-state index contributed by atoms with van der Waals surface area (Å²) in [5.41, 5.74) is 0.0465. The fourth-order valence-electron chi connectivity index (χ4n) is 9.69. The minimum absolute atomic E-state index is 0.00439. The van der Waals surface area contributed by atoms with Crippen molar-refractivity contribution in [3.8, 4) is 0 Å². The number of nitrogens with one attached hydrogen (secondary N) is 6. The van der Waals surface area contributed by atoms with Crippen molar-refractivity contribution in [3.63, 3.8) is 0 Å². The average Bonchev–Trinajstić information content (AvgIpc) is 0.796. The Labute approximate surface area is 556 Å². The van der Waals surface area contributed by atoms with Gasteiger partial charge in [0.15, 0.2) is 37.0 Å². The molecule has 10 atom stereocenters. The molecule has 96 heavy (non-hydrogen) atoms. The maximum absolute atomic E-state index is 13.5. The lowest BCUT2D eigenvalue weighted by Gasteiger charge is -2.44. The number of carbonyl (C=O) groups excluding carboxylic acids is 12. The summed E-state index contributed by atoms with van der Waals surface area (Å²) < 4.78 is 78.1. The topological polar surface area (TPSA) is 444 Å². The normalized spacial score (nSPS) is 20.4. The Hall–Kier alpha value is -7.99. The quantitative estimate of drug-likeness (QED) is 0.0267. The van der Waals surface area contributed by atoms with Gasteiger partial charge in [-0.1, -0.05) is 38.5 Å². The molecule has 1 aromatic carbocycles. The SMILES string of the molecule is CC(=O)N[C@@H]1C(OCCOCCOCCNC(=O)c2cc(NC(=O)CNC(=O)CCCCCCCCCCC(=O)O)cc(C(=O)NCCOCCOCCOC3O[C@H](COC(C)=O)[C@H](OC(C)=O)[C@H](OC(C)=O)[C@H]3NC(C)=O)c2)O[C@@H](COC(C)=O)[C@@H](OC(C)=O)[C@H]1OC(C)=O. The Balaban J connectivity index is 1.55. The Bertz CT molecular complexity index is 2560. The number of carbonyl (C=O) groups is 13. The zero-order valence-electron chi connectivity index (χ0n) is 55.7. The van der Waals surface area contributed by atoms with Crippen LogP contribution in [0.15, 0.2) is 18.2 Å². The number of hydrogen-bond acceptors (Lipinski definition) is 27. The van der Waals surface area contributed by atoms with Crippen LogP contribution < -0.4 is 31.9 Å². The Morgan fingerprint density at radius 1 is 0.417 bits per heavy atom. The van der Waals surface area contributed by atoms with Crippen LogP contribution in [0.3, 0.4) is 0 Å². The number of unbranched alkanes of at least 4 members (excludes halogenated alkanes) is 7. The molecule has 34 nitrogen and oxygen atoms in total. The van der Waals surface area contributed by atoms with Gasteiger partial charge in [-0.25, -0.2) is 0 Å². The number of carboxylic acids is 1. The molecule has 540 valence electrons. The van der Waals surface area contributed by atoms with E-state index in [4.69, 9.17) is 71.4 Å². The minimum Gasteiger partial charge on any atom is -0.481 e. The van der Waals surface area contributed by atoms with Gasteiger partial charge in [0, 0.05) is 98.1 Å². The molecule has 3 rings (SSSR count). The minimum atomic E-state index is -1.31. The molecule has 6 amide bonds. The van der Waals surface area contributed by atoms with Gasteiger partial charge in [0.1, 0.15) is 37.5 Å². The summed E-state index contributed by atoms with van der Waals surface area (Å²) in [6.07, 6.45) is -3.07. The molecule has 2 aliphatic heterocycles. The first kappa shape index (κ1) is 82.2. The fourth-order valence-corrected chi connectivity index (χ4v) is 9.69. The highest BCUT2D eigenvalue weighted by molar-refractivity contribution is 6.03. The van der Waals surface area contributed by atoms with Crippen molar-refractivity contribution in [1.29, 1.82) is 0 Å². The third kappa shape index (κ3) is 34.6. The molecular formula is C62H94N6O28. The molecule has 34 heteroatoms. The fraction of sp³-hybridized carbons (Fsp3) is 0.694. The lowest BCUT2D eigenvalue weighted by atomic mass is 9.96. The Morgan fingerprint density at radius 3 is 1.16 bits per heavy atom. The van der Waals surface area contributed by atoms with Crippen molar-refractivity contribution < 1.29 is 134 Å². The number of anilines is 1. The van der Waals surface area contributed by atoms with E-state index in [1.54, 1.807) is 0 Å². The second-order valence-corrected chi connectivity index (χ2v) is 22.0. The lowest BCUT2D eigenvalue weighted by molar-refractivity contribution is -0.279. The van der Waals surface area contributed by atoms with E-state index in [9.17, 15) is 62.3 Å². The third-order valence-corrected chi connectivity index (χ3v) is 13.7. The summed E-state index contributed by atoms with van der Waals surface area (Å²) in [5.74, 6) is -8.53. The molecule has 0 aromatic heterocycles. The lowest BCUT2D eigenvalue weighted by Crippen LogP contribution is -2.66. The molecule has 2 aliphatic rings. The number of aliphatic carboxylic acids is 1. The number of ether oxygens (including phenoxy) is 14. The molecule has 2 fully saturated rings. The zero-order valence-corrected chi connectivity index (χ0v) is 55.7. The Morgan fingerprint density at radius 2 is 0.781 bits per heavy atom. The van der Waals surface area contributed by atoms with Gasteiger partial charge in [-0.05, 0) is 31.0 Å². The van der Waals surface area contributed by atoms with Crippen LogP contribution in [-0.4, -0.2) is 243 Å². The number of rotatable bonds is 46. The molecule has 0 saturated carbocycles. The number of amides is 6. The molecule has 0 bridgehead atoms. The molecule has 7 N–H and O–H groups in total. The predicted octanol–water partition coefficient (Wildman–Crippen LogP) is 0.598. The second kappa shape index (κ2) is 46.2. The van der Waals surface area contributed by atoms with E-state index in [-0.39, 0.29) is 115 Å². The summed E-state index contributed by atoms with van der Waals surface area (Å²) in [4.78, 5) is 160. The van der Waals surface area contributed by atoms with Gasteiger partial charge in [-0.2, -0.15) is 0 Å². The summed E-state index contributed by atoms with van der Waals surface area (Å²) >= 11 is 0. The first-order chi connectivity index (χ1) is 45.7. The van der Waals surface area contributed by atoms with Crippen LogP contribution in [-0.2, 0) is 119 Å². The monoisotopic (exact) mass is 1370 g/mol. The van der Waals surface area contributed by atoms with Crippen molar-refractivity contribution in [2.45, 2.75) is 181 Å². The smallest absolute Gasteiger partial charge is 0.303 e. The van der Waals surface area contributed by atoms with Crippen LogP contribution >= 0.6 is 0 Å². The van der Waals surface area contributed by atoms with E-state index in [1.807, 2.05) is 0 Å². The molecule has 2 unspecified atom stereocenters. The maximum Gasteiger partial charge on any atom is 0.303 e. The largest absolute Gasteiger partial charge is 0.481 e. The van der Waals surface area contributed by atoms with Gasteiger partial charge in [0.2, 0.25) is 23.6 Å². The van der Waals surface area contributed by atoms with Crippen molar-refractivity contribution >= 4 is 82.9 Å². The van der Waals surface area contributed by atoms with Gasteiger partial charge in [-0.3, -0.25) is 62.3 Å². The highest BCUT2D eigenvalue weighted by Gasteiger charge is 2.53. The van der Waals surface area contributed by atoms with Gasteiger partial charge in [-0.15, -0.1) is 0 Å². The molecule has 2 heterocycles. The molecule has 1 aromatic rings. The number of benzene rings is 1. The molecule has 2 saturated heterocycles. The predicted molar refractivity (Wildman–Crippen MR) is 330 cm³/mol. The van der Waals surface area contributed by atoms with Gasteiger partial charge < -0.3 is 103 Å². The highest BCUT2D eigenvalue weighted by Crippen LogP contribution is 2.30. The summed E-state index contributed by atoms with van der Waals surface area (Å²) in [6, 6.07) is 1.67. The molecule has 0 radical (unpaired) electrons. The average molecular weight is 1370 g/mol. The van der Waals surface area contributed by atoms with Crippen LogP contribution in [0.25, 0.3) is 0 Å². The van der Waals surface area contributed by atoms with Crippen LogP contribution in [0.4, 0.5) is 5.69 Å². The van der Waals surface area contributed by atoms with Crippen molar-refractivity contribution in [2.24, 2.45) is 0 Å². The number of hydrogen-bond donors (Lipinski definition) is 7. The summed E-state index contributed by atoms with van der Waals surface area (Å²) in [7, 11) is 0. The standard InChI is InChI=1S/C62H94N6O28/c1-37(69)66-53-57(93-43(7)75)55(91-41(5)73)48(35-89-39(3)71)95-61(53)87-29-27-85-25-23-83-21-19-63-59(81)45-31-46(33-47(32-45)68-51(78)34-65-50(77)17-15-13-11-9-10-12-14-16-18-52(79)80)60(82)64-20-22-84-24-26-86-28-30-88-62-54(67-38(2)70)58(94-44(8)76)56(92-42(6)74)49(96-62)36-90-40(4)72/h31-33,48-49,53-58,61-62H,9-30,34-36H2,1-8H3,(H,63,81)(H,64,82)(H,65,77)(H,66,69)(H,67,70)(H,68,78)(H,79,80)/t48-,49+,53-,54+,55+,56-,57-,58+,61?,62?. The van der Waals surface area contributed by atoms with Crippen molar-refractivity contribution in [1.82, 2.24) is 26.6 Å². The van der Waals surface area contributed by atoms with Crippen molar-refractivity contribution in [3.05, 3.63) is 29.3 Å². The first-order valence-corrected chi connectivity index (χ1v) is 31.6. The van der Waals surface area contributed by atoms with Crippen LogP contribution in [0.5, 0.6) is 0 Å². The van der Waals surface area contributed by atoms with Gasteiger partial charge >= 0.3 is 41.8 Å². The number of esters is 6. The molecular weight excluding hydrogens is 1280 g/mol. The van der Waals surface area contributed by atoms with Gasteiger partial charge in [0.25, 0.3) is 11.8 Å². The third-order valence-electron chi connectivity index (χ3n) is 13.7. The van der Waals surface area contributed by atoms with E-state index in [1.165, 1.54) is 32.0 Å². The van der Waals surface area contributed by atoms with E-state index in [0.29, 0.717) is 12.8 Å².